The first-order valence-electron chi connectivity index (χ1n) is 7.51. The Morgan fingerprint density at radius 2 is 2.10 bits per heavy atom. The highest BCUT2D eigenvalue weighted by Gasteiger charge is 2.55. The number of hydrogen-bond acceptors (Lipinski definition) is 3. The van der Waals surface area contributed by atoms with Crippen LogP contribution in [0.15, 0.2) is 18.2 Å². The predicted molar refractivity (Wildman–Crippen MR) is 79.5 cm³/mol. The van der Waals surface area contributed by atoms with E-state index in [0.717, 1.165) is 42.6 Å². The molecule has 1 aromatic rings. The molecule has 0 aromatic heterocycles. The molecule has 1 amide bonds. The third kappa shape index (κ3) is 1.82. The van der Waals surface area contributed by atoms with Gasteiger partial charge in [0, 0.05) is 37.4 Å². The van der Waals surface area contributed by atoms with Crippen LogP contribution in [-0.4, -0.2) is 37.5 Å². The highest BCUT2D eigenvalue weighted by atomic mass is 16.2. The van der Waals surface area contributed by atoms with E-state index < -0.39 is 0 Å². The maximum absolute atomic E-state index is 12.5. The van der Waals surface area contributed by atoms with Gasteiger partial charge < -0.3 is 15.5 Å². The Balaban J connectivity index is 1.44. The van der Waals surface area contributed by atoms with Crippen molar-refractivity contribution in [2.24, 2.45) is 17.8 Å². The first-order chi connectivity index (χ1) is 9.63. The lowest BCUT2D eigenvalue weighted by atomic mass is 10.1. The topological polar surface area (TPSA) is 49.6 Å². The summed E-state index contributed by atoms with van der Waals surface area (Å²) in [6, 6.07) is 5.89. The van der Waals surface area contributed by atoms with Gasteiger partial charge in [0.25, 0.3) is 0 Å². The number of nitrogens with zero attached hydrogens (tertiary/aromatic N) is 2. The highest BCUT2D eigenvalue weighted by Crippen LogP contribution is 2.53. The van der Waals surface area contributed by atoms with Crippen LogP contribution in [0.3, 0.4) is 0 Å². The third-order valence-corrected chi connectivity index (χ3v) is 5.26. The maximum Gasteiger partial charge on any atom is 0.227 e. The molecule has 2 heterocycles. The van der Waals surface area contributed by atoms with E-state index in [9.17, 15) is 4.79 Å². The van der Waals surface area contributed by atoms with Gasteiger partial charge in [-0.2, -0.15) is 0 Å². The Morgan fingerprint density at radius 3 is 2.85 bits per heavy atom. The molecule has 2 N–H and O–H groups in total. The number of carbonyl (C=O) groups is 1. The molecule has 4 nitrogen and oxygen atoms in total. The van der Waals surface area contributed by atoms with Gasteiger partial charge in [0.2, 0.25) is 5.91 Å². The second-order valence-electron chi connectivity index (χ2n) is 6.60. The van der Waals surface area contributed by atoms with E-state index in [-0.39, 0.29) is 0 Å². The van der Waals surface area contributed by atoms with Gasteiger partial charge in [0.1, 0.15) is 0 Å². The second kappa shape index (κ2) is 4.22. The molecule has 106 valence electrons. The average Bonchev–Trinajstić information content (AvgIpc) is 2.81. The summed E-state index contributed by atoms with van der Waals surface area (Å²) in [7, 11) is 2.17. The molecule has 2 aliphatic heterocycles. The van der Waals surface area contributed by atoms with Crippen LogP contribution in [-0.2, 0) is 11.2 Å². The van der Waals surface area contributed by atoms with Crippen molar-refractivity contribution in [1.29, 1.82) is 0 Å². The number of rotatable bonds is 2. The molecule has 4 heteroatoms. The first kappa shape index (κ1) is 12.2. The van der Waals surface area contributed by atoms with Crippen LogP contribution in [0.4, 0.5) is 11.4 Å². The Labute approximate surface area is 119 Å². The highest BCUT2D eigenvalue weighted by molar-refractivity contribution is 5.96. The molecule has 4 rings (SSSR count). The zero-order valence-electron chi connectivity index (χ0n) is 11.9. The molecule has 2 atom stereocenters. The summed E-state index contributed by atoms with van der Waals surface area (Å²) in [5.41, 5.74) is 8.89. The summed E-state index contributed by atoms with van der Waals surface area (Å²) in [5, 5.41) is 0. The van der Waals surface area contributed by atoms with Gasteiger partial charge >= 0.3 is 0 Å². The molecule has 1 saturated heterocycles. The van der Waals surface area contributed by atoms with Crippen molar-refractivity contribution in [3.8, 4) is 0 Å². The van der Waals surface area contributed by atoms with Crippen LogP contribution in [0.25, 0.3) is 0 Å². The zero-order chi connectivity index (χ0) is 13.9. The third-order valence-electron chi connectivity index (χ3n) is 5.26. The monoisotopic (exact) mass is 271 g/mol. The van der Waals surface area contributed by atoms with Crippen molar-refractivity contribution >= 4 is 17.3 Å². The number of amides is 1. The molecule has 20 heavy (non-hydrogen) atoms. The number of anilines is 2. The fraction of sp³-hybridized carbons (Fsp3) is 0.562. The van der Waals surface area contributed by atoms with E-state index in [1.165, 1.54) is 18.7 Å². The van der Waals surface area contributed by atoms with E-state index in [1.807, 2.05) is 23.1 Å². The van der Waals surface area contributed by atoms with Crippen molar-refractivity contribution in [3.05, 3.63) is 23.8 Å². The summed E-state index contributed by atoms with van der Waals surface area (Å²) in [6.07, 6.45) is 1.67. The Bertz CT molecular complexity index is 559. The van der Waals surface area contributed by atoms with E-state index in [0.29, 0.717) is 11.8 Å². The van der Waals surface area contributed by atoms with Gasteiger partial charge in [-0.1, -0.05) is 0 Å². The molecule has 0 spiro atoms. The SMILES string of the molecule is CN1CC2C(CC(=O)N3CCc4cc(N)ccc43)C2C1. The van der Waals surface area contributed by atoms with Crippen LogP contribution >= 0.6 is 0 Å². The number of nitrogens with two attached hydrogens (primary N) is 1. The van der Waals surface area contributed by atoms with Gasteiger partial charge in [-0.25, -0.2) is 0 Å². The summed E-state index contributed by atoms with van der Waals surface area (Å²) in [5.74, 6) is 2.49. The quantitative estimate of drug-likeness (QED) is 0.826. The van der Waals surface area contributed by atoms with Crippen LogP contribution in [0.1, 0.15) is 12.0 Å². The average molecular weight is 271 g/mol. The van der Waals surface area contributed by atoms with Crippen LogP contribution in [0, 0.1) is 17.8 Å². The lowest BCUT2D eigenvalue weighted by Crippen LogP contribution is -2.30. The molecule has 2 unspecified atom stereocenters. The maximum atomic E-state index is 12.5. The molecule has 2 fully saturated rings. The molecular weight excluding hydrogens is 250 g/mol. The van der Waals surface area contributed by atoms with Crippen molar-refractivity contribution in [1.82, 2.24) is 4.90 Å². The molecule has 0 bridgehead atoms. The van der Waals surface area contributed by atoms with Crippen LogP contribution in [0.5, 0.6) is 0 Å². The number of likely N-dealkylation sites (tertiary alicyclic amines) is 1. The smallest absolute Gasteiger partial charge is 0.227 e. The standard InChI is InChI=1S/C16H21N3O/c1-18-8-13-12(14(13)9-18)7-16(20)19-5-4-10-6-11(17)2-3-15(10)19/h2-3,6,12-14H,4-5,7-9,17H2,1H3. The van der Waals surface area contributed by atoms with Gasteiger partial charge in [-0.15, -0.1) is 0 Å². The molecule has 3 aliphatic rings. The Morgan fingerprint density at radius 1 is 1.35 bits per heavy atom. The van der Waals surface area contributed by atoms with Crippen molar-refractivity contribution in [3.63, 3.8) is 0 Å². The fourth-order valence-electron chi connectivity index (χ4n) is 4.16. The van der Waals surface area contributed by atoms with Crippen molar-refractivity contribution < 1.29 is 4.79 Å². The summed E-state index contributed by atoms with van der Waals surface area (Å²) < 4.78 is 0. The van der Waals surface area contributed by atoms with Crippen LogP contribution < -0.4 is 10.6 Å². The van der Waals surface area contributed by atoms with E-state index in [1.54, 1.807) is 0 Å². The summed E-state index contributed by atoms with van der Waals surface area (Å²) in [6.45, 7) is 3.17. The number of fused-ring (bicyclic) bond motifs is 2. The summed E-state index contributed by atoms with van der Waals surface area (Å²) in [4.78, 5) is 16.9. The van der Waals surface area contributed by atoms with Crippen LogP contribution in [0.2, 0.25) is 0 Å². The Kier molecular flexibility index (Phi) is 2.58. The Hall–Kier alpha value is -1.55. The fourth-order valence-corrected chi connectivity index (χ4v) is 4.16. The number of hydrogen-bond donors (Lipinski definition) is 1. The number of nitrogen functional groups attached to an aromatic ring is 1. The van der Waals surface area contributed by atoms with E-state index in [2.05, 4.69) is 11.9 Å². The minimum absolute atomic E-state index is 0.301. The normalized spacial score (nSPS) is 31.2. The van der Waals surface area contributed by atoms with Gasteiger partial charge in [-0.3, -0.25) is 4.79 Å². The lowest BCUT2D eigenvalue weighted by Gasteiger charge is -2.19. The molecule has 1 saturated carbocycles. The number of carbonyl (C=O) groups excluding carboxylic acids is 1. The molecule has 1 aliphatic carbocycles. The first-order valence-corrected chi connectivity index (χ1v) is 7.51. The minimum atomic E-state index is 0.301. The number of piperidine rings is 1. The molecule has 0 radical (unpaired) electrons. The predicted octanol–water partition coefficient (Wildman–Crippen LogP) is 1.36. The molecular formula is C16H21N3O. The molecule has 1 aromatic carbocycles. The second-order valence-corrected chi connectivity index (χ2v) is 6.60. The van der Waals surface area contributed by atoms with E-state index >= 15 is 0 Å². The lowest BCUT2D eigenvalue weighted by molar-refractivity contribution is -0.119. The van der Waals surface area contributed by atoms with Crippen molar-refractivity contribution in [2.45, 2.75) is 12.8 Å². The number of benzene rings is 1. The minimum Gasteiger partial charge on any atom is -0.399 e. The zero-order valence-corrected chi connectivity index (χ0v) is 11.9. The van der Waals surface area contributed by atoms with Gasteiger partial charge in [-0.05, 0) is 55.0 Å². The summed E-state index contributed by atoms with van der Waals surface area (Å²) >= 11 is 0. The van der Waals surface area contributed by atoms with Gasteiger partial charge in [0.05, 0.1) is 0 Å². The van der Waals surface area contributed by atoms with E-state index in [4.69, 9.17) is 5.73 Å². The van der Waals surface area contributed by atoms with Crippen molar-refractivity contribution in [2.75, 3.05) is 37.3 Å². The van der Waals surface area contributed by atoms with Gasteiger partial charge in [0.15, 0.2) is 0 Å². The largest absolute Gasteiger partial charge is 0.399 e.